The zero-order valence-electron chi connectivity index (χ0n) is 23.7. The molecule has 0 fully saturated rings. The number of nitrogens with one attached hydrogen (secondary N) is 1. The number of aryl methyl sites for hydroxylation is 1. The van der Waals surface area contributed by atoms with Crippen molar-refractivity contribution in [2.45, 2.75) is 64.1 Å². The van der Waals surface area contributed by atoms with Crippen molar-refractivity contribution in [2.75, 3.05) is 10.8 Å². The molecule has 1 N–H and O–H groups in total. The molecule has 0 spiro atoms. The number of amides is 2. The molecular formula is C30H33Cl4N3O4S. The smallest absolute Gasteiger partial charge is 0.264 e. The van der Waals surface area contributed by atoms with E-state index in [4.69, 9.17) is 46.4 Å². The zero-order chi connectivity index (χ0) is 31.2. The summed E-state index contributed by atoms with van der Waals surface area (Å²) in [6.45, 7) is 6.82. The number of benzene rings is 3. The summed E-state index contributed by atoms with van der Waals surface area (Å²) in [6, 6.07) is 14.5. The van der Waals surface area contributed by atoms with Crippen LogP contribution in [0, 0.1) is 6.92 Å². The van der Waals surface area contributed by atoms with E-state index < -0.39 is 28.5 Å². The van der Waals surface area contributed by atoms with Crippen LogP contribution in [0.5, 0.6) is 0 Å². The summed E-state index contributed by atoms with van der Waals surface area (Å²) in [5.41, 5.74) is 1.64. The molecule has 12 heteroatoms. The summed E-state index contributed by atoms with van der Waals surface area (Å²) in [4.78, 5) is 28.9. The summed E-state index contributed by atoms with van der Waals surface area (Å²) >= 11 is 24.7. The second kappa shape index (κ2) is 14.8. The molecule has 0 aliphatic carbocycles. The van der Waals surface area contributed by atoms with Crippen molar-refractivity contribution in [1.29, 1.82) is 0 Å². The summed E-state index contributed by atoms with van der Waals surface area (Å²) in [7, 11) is -4.24. The standard InChI is InChI=1S/C30H33Cl4N3O4S/c1-5-20(4)35-30(39)28(6-2)36(17-21-9-13-24(31)26(33)15-21)29(38)18-37(22-10-14-25(32)27(34)16-22)42(40,41)23-11-7-19(3)8-12-23/h7-16,20,28H,5-6,17-18H2,1-4H3,(H,35,39). The Morgan fingerprint density at radius 3 is 1.98 bits per heavy atom. The van der Waals surface area contributed by atoms with E-state index in [1.54, 1.807) is 37.3 Å². The SMILES string of the molecule is CCC(C)NC(=O)C(CC)N(Cc1ccc(Cl)c(Cl)c1)C(=O)CN(c1ccc(Cl)c(Cl)c1)S(=O)(=O)c1ccc(C)cc1. The quantitative estimate of drug-likeness (QED) is 0.216. The second-order valence-electron chi connectivity index (χ2n) is 9.94. The van der Waals surface area contributed by atoms with Gasteiger partial charge in [-0.3, -0.25) is 13.9 Å². The Morgan fingerprint density at radius 2 is 1.43 bits per heavy atom. The van der Waals surface area contributed by atoms with E-state index in [0.29, 0.717) is 17.0 Å². The Balaban J connectivity index is 2.10. The first-order valence-electron chi connectivity index (χ1n) is 13.4. The molecule has 0 bridgehead atoms. The molecule has 0 aliphatic rings. The third-order valence-corrected chi connectivity index (χ3v) is 10.1. The van der Waals surface area contributed by atoms with Gasteiger partial charge >= 0.3 is 0 Å². The number of anilines is 1. The van der Waals surface area contributed by atoms with Gasteiger partial charge in [0.2, 0.25) is 11.8 Å². The predicted molar refractivity (Wildman–Crippen MR) is 171 cm³/mol. The van der Waals surface area contributed by atoms with Crippen molar-refractivity contribution in [3.63, 3.8) is 0 Å². The van der Waals surface area contributed by atoms with Crippen molar-refractivity contribution in [3.8, 4) is 0 Å². The highest BCUT2D eigenvalue weighted by molar-refractivity contribution is 7.92. The van der Waals surface area contributed by atoms with Crippen LogP contribution >= 0.6 is 46.4 Å². The van der Waals surface area contributed by atoms with Gasteiger partial charge in [-0.15, -0.1) is 0 Å². The first-order valence-corrected chi connectivity index (χ1v) is 16.3. The molecule has 0 saturated heterocycles. The van der Waals surface area contributed by atoms with E-state index in [-0.39, 0.29) is 50.6 Å². The van der Waals surface area contributed by atoms with Crippen LogP contribution in [0.3, 0.4) is 0 Å². The van der Waals surface area contributed by atoms with Gasteiger partial charge in [0.1, 0.15) is 12.6 Å². The van der Waals surface area contributed by atoms with Crippen LogP contribution in [-0.2, 0) is 26.2 Å². The first-order chi connectivity index (χ1) is 19.8. The topological polar surface area (TPSA) is 86.8 Å². The molecule has 0 aliphatic heterocycles. The molecule has 3 rings (SSSR count). The van der Waals surface area contributed by atoms with Gasteiger partial charge in [-0.1, -0.05) is 84.0 Å². The first kappa shape index (κ1) is 34.0. The van der Waals surface area contributed by atoms with Gasteiger partial charge in [-0.05, 0) is 74.7 Å². The fourth-order valence-electron chi connectivity index (χ4n) is 4.20. The molecule has 3 aromatic carbocycles. The summed E-state index contributed by atoms with van der Waals surface area (Å²) < 4.78 is 28.9. The summed E-state index contributed by atoms with van der Waals surface area (Å²) in [6.07, 6.45) is 0.982. The van der Waals surface area contributed by atoms with E-state index in [1.807, 2.05) is 20.8 Å². The van der Waals surface area contributed by atoms with Crippen LogP contribution < -0.4 is 9.62 Å². The molecule has 2 atom stereocenters. The number of nitrogens with zero attached hydrogens (tertiary/aromatic N) is 2. The number of carbonyl (C=O) groups is 2. The maximum Gasteiger partial charge on any atom is 0.264 e. The van der Waals surface area contributed by atoms with Crippen molar-refractivity contribution in [2.24, 2.45) is 0 Å². The Bertz CT molecular complexity index is 1530. The number of hydrogen-bond donors (Lipinski definition) is 1. The Hall–Kier alpha value is -2.49. The maximum atomic E-state index is 14.1. The third-order valence-electron chi connectivity index (χ3n) is 6.80. The lowest BCUT2D eigenvalue weighted by Crippen LogP contribution is -2.53. The molecule has 0 aromatic heterocycles. The van der Waals surface area contributed by atoms with Gasteiger partial charge in [0, 0.05) is 12.6 Å². The normalized spacial score (nSPS) is 12.9. The predicted octanol–water partition coefficient (Wildman–Crippen LogP) is 7.53. The van der Waals surface area contributed by atoms with Gasteiger partial charge in [-0.2, -0.15) is 0 Å². The Kier molecular flexibility index (Phi) is 12.0. The molecule has 0 heterocycles. The molecule has 2 unspecified atom stereocenters. The molecule has 2 amide bonds. The average Bonchev–Trinajstić information content (AvgIpc) is 2.95. The van der Waals surface area contributed by atoms with E-state index in [9.17, 15) is 18.0 Å². The van der Waals surface area contributed by atoms with Crippen LogP contribution in [0.25, 0.3) is 0 Å². The van der Waals surface area contributed by atoms with Gasteiger partial charge < -0.3 is 10.2 Å². The van der Waals surface area contributed by atoms with Crippen LogP contribution in [0.15, 0.2) is 65.6 Å². The lowest BCUT2D eigenvalue weighted by atomic mass is 10.1. The van der Waals surface area contributed by atoms with E-state index in [0.717, 1.165) is 9.87 Å². The number of carbonyl (C=O) groups excluding carboxylic acids is 2. The molecule has 226 valence electrons. The van der Waals surface area contributed by atoms with E-state index in [2.05, 4.69) is 5.32 Å². The average molecular weight is 673 g/mol. The van der Waals surface area contributed by atoms with Crippen molar-refractivity contribution >= 4 is 73.9 Å². The minimum Gasteiger partial charge on any atom is -0.352 e. The van der Waals surface area contributed by atoms with Crippen molar-refractivity contribution < 1.29 is 18.0 Å². The van der Waals surface area contributed by atoms with Gasteiger partial charge in [-0.25, -0.2) is 8.42 Å². The van der Waals surface area contributed by atoms with Crippen LogP contribution in [0.1, 0.15) is 44.7 Å². The highest BCUT2D eigenvalue weighted by Crippen LogP contribution is 2.31. The minimum absolute atomic E-state index is 0.00967. The number of sulfonamides is 1. The van der Waals surface area contributed by atoms with Crippen LogP contribution in [-0.4, -0.2) is 43.8 Å². The Morgan fingerprint density at radius 1 is 0.833 bits per heavy atom. The fraction of sp³-hybridized carbons (Fsp3) is 0.333. The molecule has 0 saturated carbocycles. The van der Waals surface area contributed by atoms with E-state index in [1.165, 1.54) is 35.2 Å². The van der Waals surface area contributed by atoms with Crippen molar-refractivity contribution in [1.82, 2.24) is 10.2 Å². The maximum absolute atomic E-state index is 14.1. The number of halogens is 4. The van der Waals surface area contributed by atoms with Gasteiger partial charge in [0.15, 0.2) is 0 Å². The van der Waals surface area contributed by atoms with Crippen LogP contribution in [0.2, 0.25) is 20.1 Å². The monoisotopic (exact) mass is 671 g/mol. The molecular weight excluding hydrogens is 640 g/mol. The molecule has 0 radical (unpaired) electrons. The van der Waals surface area contributed by atoms with Crippen molar-refractivity contribution in [3.05, 3.63) is 91.9 Å². The number of hydrogen-bond acceptors (Lipinski definition) is 4. The lowest BCUT2D eigenvalue weighted by Gasteiger charge is -2.34. The molecule has 3 aromatic rings. The Labute approximate surface area is 267 Å². The molecule has 7 nitrogen and oxygen atoms in total. The summed E-state index contributed by atoms with van der Waals surface area (Å²) in [5, 5.41) is 3.92. The highest BCUT2D eigenvalue weighted by atomic mass is 35.5. The zero-order valence-corrected chi connectivity index (χ0v) is 27.5. The summed E-state index contributed by atoms with van der Waals surface area (Å²) in [5.74, 6) is -0.947. The highest BCUT2D eigenvalue weighted by Gasteiger charge is 2.34. The van der Waals surface area contributed by atoms with Gasteiger partial charge in [0.05, 0.1) is 30.7 Å². The van der Waals surface area contributed by atoms with Gasteiger partial charge in [0.25, 0.3) is 10.0 Å². The fourth-order valence-corrected chi connectivity index (χ4v) is 6.22. The van der Waals surface area contributed by atoms with Crippen LogP contribution in [0.4, 0.5) is 5.69 Å². The molecule has 42 heavy (non-hydrogen) atoms. The third kappa shape index (κ3) is 8.32. The lowest BCUT2D eigenvalue weighted by molar-refractivity contribution is -0.140. The largest absolute Gasteiger partial charge is 0.352 e. The minimum atomic E-state index is -4.24. The second-order valence-corrected chi connectivity index (χ2v) is 13.4. The number of rotatable bonds is 12. The van der Waals surface area contributed by atoms with E-state index >= 15 is 0 Å².